The average molecular weight is 510 g/mol. The third-order valence-electron chi connectivity index (χ3n) is 5.57. The fourth-order valence-corrected chi connectivity index (χ4v) is 4.47. The van der Waals surface area contributed by atoms with Crippen LogP contribution in [-0.4, -0.2) is 49.9 Å². The maximum Gasteiger partial charge on any atom is 0.472 e. The third kappa shape index (κ3) is 24.6. The van der Waals surface area contributed by atoms with Gasteiger partial charge >= 0.3 is 13.8 Å². The minimum absolute atomic E-state index is 0.0955. The van der Waals surface area contributed by atoms with Gasteiger partial charge in [0.05, 0.1) is 19.8 Å². The van der Waals surface area contributed by atoms with Crippen LogP contribution in [0.3, 0.4) is 0 Å². The SMILES string of the molecule is CCCCCCCCCCCCCCCCCCOC[C@H](COP(=O)(O)OCCN)OC(C)=O. The van der Waals surface area contributed by atoms with E-state index < -0.39 is 19.9 Å². The zero-order chi connectivity index (χ0) is 25.3. The van der Waals surface area contributed by atoms with Crippen molar-refractivity contribution in [1.82, 2.24) is 0 Å². The molecule has 1 unspecified atom stereocenters. The van der Waals surface area contributed by atoms with Gasteiger partial charge in [-0.25, -0.2) is 4.57 Å². The molecule has 0 aromatic carbocycles. The van der Waals surface area contributed by atoms with Gasteiger partial charge in [-0.05, 0) is 6.42 Å². The second kappa shape index (κ2) is 24.2. The second-order valence-corrected chi connectivity index (χ2v) is 10.4. The molecule has 0 aliphatic heterocycles. The lowest BCUT2D eigenvalue weighted by Crippen LogP contribution is -2.27. The Kier molecular flexibility index (Phi) is 23.8. The molecule has 0 aliphatic rings. The fraction of sp³-hybridized carbons (Fsp3) is 0.960. The highest BCUT2D eigenvalue weighted by atomic mass is 31.2. The highest BCUT2D eigenvalue weighted by Crippen LogP contribution is 2.43. The van der Waals surface area contributed by atoms with Gasteiger partial charge < -0.3 is 20.1 Å². The van der Waals surface area contributed by atoms with Gasteiger partial charge in [-0.15, -0.1) is 0 Å². The Morgan fingerprint density at radius 1 is 0.765 bits per heavy atom. The summed E-state index contributed by atoms with van der Waals surface area (Å²) < 4.78 is 31.9. The van der Waals surface area contributed by atoms with Crippen LogP contribution in [0.1, 0.15) is 117 Å². The first-order valence-corrected chi connectivity index (χ1v) is 15.0. The molecule has 0 bridgehead atoms. The van der Waals surface area contributed by atoms with Gasteiger partial charge in [0.15, 0.2) is 0 Å². The monoisotopic (exact) mass is 509 g/mol. The number of phosphoric acid groups is 1. The van der Waals surface area contributed by atoms with E-state index in [-0.39, 0.29) is 26.4 Å². The molecule has 9 heteroatoms. The van der Waals surface area contributed by atoms with Gasteiger partial charge in [-0.1, -0.05) is 103 Å². The number of carbonyl (C=O) groups is 1. The summed E-state index contributed by atoms with van der Waals surface area (Å²) in [5.74, 6) is -0.504. The first-order valence-electron chi connectivity index (χ1n) is 13.5. The smallest absolute Gasteiger partial charge is 0.458 e. The zero-order valence-electron chi connectivity index (χ0n) is 21.8. The van der Waals surface area contributed by atoms with Gasteiger partial charge in [0.2, 0.25) is 0 Å². The number of nitrogens with two attached hydrogens (primary N) is 1. The van der Waals surface area contributed by atoms with Crippen molar-refractivity contribution in [1.29, 1.82) is 0 Å². The number of phosphoric ester groups is 1. The van der Waals surface area contributed by atoms with E-state index in [1.54, 1.807) is 0 Å². The first-order chi connectivity index (χ1) is 16.4. The summed E-state index contributed by atoms with van der Waals surface area (Å²) >= 11 is 0. The molecule has 0 saturated heterocycles. The highest BCUT2D eigenvalue weighted by Gasteiger charge is 2.24. The van der Waals surface area contributed by atoms with Crippen LogP contribution >= 0.6 is 7.82 Å². The molecular weight excluding hydrogens is 457 g/mol. The second-order valence-electron chi connectivity index (χ2n) is 9.00. The molecule has 0 fully saturated rings. The Hall–Kier alpha value is -0.500. The Bertz CT molecular complexity index is 508. The van der Waals surface area contributed by atoms with E-state index >= 15 is 0 Å². The summed E-state index contributed by atoms with van der Waals surface area (Å²) in [6, 6.07) is 0. The number of unbranched alkanes of at least 4 members (excludes halogenated alkanes) is 15. The third-order valence-corrected chi connectivity index (χ3v) is 6.56. The molecule has 0 saturated carbocycles. The lowest BCUT2D eigenvalue weighted by Gasteiger charge is -2.19. The molecule has 0 radical (unpaired) electrons. The molecule has 0 aliphatic carbocycles. The Labute approximate surface area is 208 Å². The van der Waals surface area contributed by atoms with Crippen LogP contribution in [0.4, 0.5) is 0 Å². The van der Waals surface area contributed by atoms with Crippen molar-refractivity contribution in [2.24, 2.45) is 5.73 Å². The van der Waals surface area contributed by atoms with Crippen LogP contribution < -0.4 is 5.73 Å². The molecule has 0 spiro atoms. The summed E-state index contributed by atoms with van der Waals surface area (Å²) in [5.41, 5.74) is 5.24. The van der Waals surface area contributed by atoms with E-state index in [1.165, 1.54) is 96.8 Å². The molecule has 3 N–H and O–H groups in total. The molecule has 0 aromatic heterocycles. The van der Waals surface area contributed by atoms with Crippen molar-refractivity contribution in [3.63, 3.8) is 0 Å². The topological polar surface area (TPSA) is 117 Å². The van der Waals surface area contributed by atoms with Crippen molar-refractivity contribution in [2.75, 3.05) is 33.0 Å². The maximum absolute atomic E-state index is 11.7. The fourth-order valence-electron chi connectivity index (χ4n) is 3.70. The van der Waals surface area contributed by atoms with Gasteiger partial charge in [0, 0.05) is 20.1 Å². The van der Waals surface area contributed by atoms with Crippen molar-refractivity contribution in [2.45, 2.75) is 123 Å². The zero-order valence-corrected chi connectivity index (χ0v) is 22.7. The lowest BCUT2D eigenvalue weighted by atomic mass is 10.0. The van der Waals surface area contributed by atoms with Crippen LogP contribution in [0.5, 0.6) is 0 Å². The molecule has 204 valence electrons. The minimum atomic E-state index is -4.21. The number of ether oxygens (including phenoxy) is 2. The van der Waals surface area contributed by atoms with E-state index in [0.29, 0.717) is 6.61 Å². The number of hydrogen-bond donors (Lipinski definition) is 2. The Balaban J connectivity index is 3.57. The van der Waals surface area contributed by atoms with Gasteiger partial charge in [-0.3, -0.25) is 13.8 Å². The highest BCUT2D eigenvalue weighted by molar-refractivity contribution is 7.47. The number of esters is 1. The Morgan fingerprint density at radius 3 is 1.68 bits per heavy atom. The van der Waals surface area contributed by atoms with E-state index in [4.69, 9.17) is 19.7 Å². The van der Waals surface area contributed by atoms with E-state index in [0.717, 1.165) is 12.8 Å². The summed E-state index contributed by atoms with van der Waals surface area (Å²) in [6.07, 6.45) is 20.3. The standard InChI is InChI=1S/C25H52NO7P/c1-3-4-5-6-7-8-9-10-11-12-13-14-15-16-17-18-20-30-22-25(33-24(2)27)23-32-34(28,29)31-21-19-26/h25H,3-23,26H2,1-2H3,(H,28,29)/t25-/m1/s1. The van der Waals surface area contributed by atoms with Gasteiger partial charge in [0.1, 0.15) is 6.10 Å². The predicted octanol–water partition coefficient (Wildman–Crippen LogP) is 6.29. The number of hydrogen-bond acceptors (Lipinski definition) is 7. The maximum atomic E-state index is 11.7. The quantitative estimate of drug-likeness (QED) is 0.0794. The lowest BCUT2D eigenvalue weighted by molar-refractivity contribution is -0.151. The molecule has 34 heavy (non-hydrogen) atoms. The summed E-state index contributed by atoms with van der Waals surface area (Å²) in [6.45, 7) is 3.92. The Morgan fingerprint density at radius 2 is 1.24 bits per heavy atom. The number of rotatable bonds is 26. The average Bonchev–Trinajstić information content (AvgIpc) is 2.80. The first kappa shape index (κ1) is 33.5. The molecule has 2 atom stereocenters. The molecule has 0 rings (SSSR count). The van der Waals surface area contributed by atoms with Gasteiger partial charge in [-0.2, -0.15) is 0 Å². The van der Waals surface area contributed by atoms with Crippen LogP contribution in [-0.2, 0) is 27.9 Å². The largest absolute Gasteiger partial charge is 0.472 e. The molecule has 0 amide bonds. The van der Waals surface area contributed by atoms with Crippen molar-refractivity contribution >= 4 is 13.8 Å². The molecule has 0 aromatic rings. The minimum Gasteiger partial charge on any atom is -0.458 e. The summed E-state index contributed by atoms with van der Waals surface area (Å²) in [4.78, 5) is 20.8. The van der Waals surface area contributed by atoms with Crippen LogP contribution in [0, 0.1) is 0 Å². The van der Waals surface area contributed by atoms with Crippen LogP contribution in [0.15, 0.2) is 0 Å². The van der Waals surface area contributed by atoms with E-state index in [1.807, 2.05) is 0 Å². The van der Waals surface area contributed by atoms with Crippen LogP contribution in [0.25, 0.3) is 0 Å². The number of carbonyl (C=O) groups excluding carboxylic acids is 1. The van der Waals surface area contributed by atoms with Crippen LogP contribution in [0.2, 0.25) is 0 Å². The van der Waals surface area contributed by atoms with Crippen molar-refractivity contribution < 1.29 is 32.8 Å². The van der Waals surface area contributed by atoms with Crippen molar-refractivity contribution in [3.05, 3.63) is 0 Å². The normalized spacial score (nSPS) is 14.1. The molecule has 0 heterocycles. The predicted molar refractivity (Wildman–Crippen MR) is 137 cm³/mol. The summed E-state index contributed by atoms with van der Waals surface area (Å²) in [5, 5.41) is 0. The summed E-state index contributed by atoms with van der Waals surface area (Å²) in [7, 11) is -4.21. The molecular formula is C25H52NO7P. The molecule has 8 nitrogen and oxygen atoms in total. The van der Waals surface area contributed by atoms with E-state index in [9.17, 15) is 14.3 Å². The van der Waals surface area contributed by atoms with Gasteiger partial charge in [0.25, 0.3) is 0 Å². The van der Waals surface area contributed by atoms with Crippen molar-refractivity contribution in [3.8, 4) is 0 Å². The van der Waals surface area contributed by atoms with E-state index in [2.05, 4.69) is 11.4 Å².